The number of rotatable bonds is 53. The highest BCUT2D eigenvalue weighted by Crippen LogP contribution is 2.18. The molecule has 0 bridgehead atoms. The van der Waals surface area contributed by atoms with Crippen molar-refractivity contribution in [3.63, 3.8) is 0 Å². The molecule has 0 unspecified atom stereocenters. The minimum absolute atomic E-state index is 0.0625. The largest absolute Gasteiger partial charge is 0.462 e. The van der Waals surface area contributed by atoms with Crippen LogP contribution in [0.1, 0.15) is 330 Å². The Hall–Kier alpha value is -1.59. The minimum atomic E-state index is -0.763. The summed E-state index contributed by atoms with van der Waals surface area (Å²) in [5, 5.41) is 0. The topological polar surface area (TPSA) is 78.9 Å². The van der Waals surface area contributed by atoms with E-state index in [4.69, 9.17) is 14.2 Å². The maximum absolute atomic E-state index is 12.9. The van der Waals surface area contributed by atoms with Crippen LogP contribution in [0.25, 0.3) is 0 Å². The smallest absolute Gasteiger partial charge is 0.306 e. The van der Waals surface area contributed by atoms with Crippen molar-refractivity contribution in [3.05, 3.63) is 0 Å². The van der Waals surface area contributed by atoms with Crippen LogP contribution in [-0.4, -0.2) is 37.2 Å². The van der Waals surface area contributed by atoms with E-state index in [1.807, 2.05) is 0 Å². The Morgan fingerprint density at radius 1 is 0.292 bits per heavy atom. The predicted molar refractivity (Wildman–Crippen MR) is 280 cm³/mol. The lowest BCUT2D eigenvalue weighted by atomic mass is 10.0. The fraction of sp³-hybridized carbons (Fsp3) is 0.949. The quantitative estimate of drug-likeness (QED) is 0.0344. The molecule has 0 heterocycles. The second kappa shape index (κ2) is 51.8. The fourth-order valence-corrected chi connectivity index (χ4v) is 9.05. The molecule has 0 amide bonds. The molecule has 1 atom stereocenters. The summed E-state index contributed by atoms with van der Waals surface area (Å²) in [4.78, 5) is 38.1. The number of ether oxygens (including phenoxy) is 3. The van der Waals surface area contributed by atoms with Gasteiger partial charge in [0.1, 0.15) is 13.2 Å². The Kier molecular flexibility index (Phi) is 50.5. The van der Waals surface area contributed by atoms with Gasteiger partial charge in [-0.3, -0.25) is 14.4 Å². The van der Waals surface area contributed by atoms with Crippen molar-refractivity contribution in [1.82, 2.24) is 0 Å². The van der Waals surface area contributed by atoms with Crippen LogP contribution < -0.4 is 0 Å². The molecular weight excluding hydrogens is 805 g/mol. The monoisotopic (exact) mass is 919 g/mol. The molecule has 0 aliphatic carbocycles. The van der Waals surface area contributed by atoms with Gasteiger partial charge in [-0.15, -0.1) is 0 Å². The zero-order valence-electron chi connectivity index (χ0n) is 44.6. The maximum atomic E-state index is 12.9. The van der Waals surface area contributed by atoms with Crippen LogP contribution in [0.4, 0.5) is 0 Å². The van der Waals surface area contributed by atoms with Crippen molar-refractivity contribution >= 4 is 17.9 Å². The van der Waals surface area contributed by atoms with Crippen molar-refractivity contribution < 1.29 is 28.6 Å². The van der Waals surface area contributed by atoms with Crippen molar-refractivity contribution in [1.29, 1.82) is 0 Å². The summed E-state index contributed by atoms with van der Waals surface area (Å²) in [5.74, 6) is 0.837. The van der Waals surface area contributed by atoms with Gasteiger partial charge in [-0.1, -0.05) is 291 Å². The lowest BCUT2D eigenvalue weighted by molar-refractivity contribution is -0.167. The van der Waals surface area contributed by atoms with Gasteiger partial charge in [-0.25, -0.2) is 0 Å². The Bertz CT molecular complexity index is 993. The highest BCUT2D eigenvalue weighted by atomic mass is 16.6. The van der Waals surface area contributed by atoms with Crippen LogP contribution in [0, 0.1) is 11.8 Å². The predicted octanol–water partition coefficient (Wildman–Crippen LogP) is 19.3. The first-order chi connectivity index (χ1) is 31.7. The zero-order valence-corrected chi connectivity index (χ0v) is 44.6. The molecule has 0 saturated heterocycles. The maximum Gasteiger partial charge on any atom is 0.306 e. The molecule has 0 radical (unpaired) electrons. The van der Waals surface area contributed by atoms with Gasteiger partial charge >= 0.3 is 17.9 Å². The van der Waals surface area contributed by atoms with E-state index in [0.29, 0.717) is 19.3 Å². The Labute approximate surface area is 406 Å². The Morgan fingerprint density at radius 2 is 0.508 bits per heavy atom. The Morgan fingerprint density at radius 3 is 0.754 bits per heavy atom. The summed E-state index contributed by atoms with van der Waals surface area (Å²) in [7, 11) is 0. The average Bonchev–Trinajstić information content (AvgIpc) is 3.28. The average molecular weight is 920 g/mol. The van der Waals surface area contributed by atoms with Crippen LogP contribution in [0.5, 0.6) is 0 Å². The van der Waals surface area contributed by atoms with Gasteiger partial charge in [0, 0.05) is 19.3 Å². The van der Waals surface area contributed by atoms with Crippen LogP contribution in [0.15, 0.2) is 0 Å². The summed E-state index contributed by atoms with van der Waals surface area (Å²) < 4.78 is 16.9. The van der Waals surface area contributed by atoms with E-state index in [9.17, 15) is 14.4 Å². The summed E-state index contributed by atoms with van der Waals surface area (Å²) in [5.41, 5.74) is 0. The third-order valence-corrected chi connectivity index (χ3v) is 13.5. The molecule has 0 aliphatic heterocycles. The first-order valence-corrected chi connectivity index (χ1v) is 29.2. The van der Waals surface area contributed by atoms with E-state index in [2.05, 4.69) is 34.6 Å². The van der Waals surface area contributed by atoms with Crippen molar-refractivity contribution in [3.8, 4) is 0 Å². The van der Waals surface area contributed by atoms with Crippen LogP contribution in [0.3, 0.4) is 0 Å². The first kappa shape index (κ1) is 63.4. The molecule has 0 aliphatic rings. The summed E-state index contributed by atoms with van der Waals surface area (Å²) in [6.07, 6.45) is 55.2. The van der Waals surface area contributed by atoms with E-state index in [1.54, 1.807) is 0 Å². The van der Waals surface area contributed by atoms with E-state index in [0.717, 1.165) is 69.6 Å². The van der Waals surface area contributed by atoms with Gasteiger partial charge in [-0.2, -0.15) is 0 Å². The van der Waals surface area contributed by atoms with Crippen LogP contribution in [-0.2, 0) is 28.6 Å². The normalized spacial score (nSPS) is 12.0. The standard InChI is InChI=1S/C59H114O6/c1-6-7-8-9-10-11-12-13-15-19-24-29-34-39-44-49-57(60)63-52-56(53-64-58(61)50-45-40-35-30-26-21-23-28-33-38-43-48-55(4)5)65-59(62)51-46-41-36-31-25-20-17-14-16-18-22-27-32-37-42-47-54(2)3/h54-56H,6-53H2,1-5H3/t56-/m1/s1. The molecule has 6 heteroatoms. The number of hydrogen-bond acceptors (Lipinski definition) is 6. The zero-order chi connectivity index (χ0) is 47.5. The SMILES string of the molecule is CCCCCCCCCCCCCCCCCC(=O)OC[C@H](COC(=O)CCCCCCCCCCCCCC(C)C)OC(=O)CCCCCCCCCCCCCCCCCC(C)C. The number of unbranched alkanes of at least 4 members (excludes halogenated alkanes) is 38. The number of carbonyl (C=O) groups is 3. The Balaban J connectivity index is 4.30. The van der Waals surface area contributed by atoms with E-state index < -0.39 is 6.10 Å². The third-order valence-electron chi connectivity index (χ3n) is 13.5. The van der Waals surface area contributed by atoms with Gasteiger partial charge in [-0.05, 0) is 31.1 Å². The highest BCUT2D eigenvalue weighted by molar-refractivity contribution is 5.71. The van der Waals surface area contributed by atoms with Crippen molar-refractivity contribution in [2.45, 2.75) is 336 Å². The molecule has 65 heavy (non-hydrogen) atoms. The molecule has 0 rings (SSSR count). The van der Waals surface area contributed by atoms with Crippen molar-refractivity contribution in [2.24, 2.45) is 11.8 Å². The highest BCUT2D eigenvalue weighted by Gasteiger charge is 2.19. The minimum Gasteiger partial charge on any atom is -0.462 e. The summed E-state index contributed by atoms with van der Waals surface area (Å²) in [6.45, 7) is 11.4. The van der Waals surface area contributed by atoms with E-state index in [-0.39, 0.29) is 31.1 Å². The summed E-state index contributed by atoms with van der Waals surface area (Å²) in [6, 6.07) is 0. The second-order valence-corrected chi connectivity index (χ2v) is 21.2. The number of hydrogen-bond donors (Lipinski definition) is 0. The molecule has 0 aromatic heterocycles. The summed E-state index contributed by atoms with van der Waals surface area (Å²) >= 11 is 0. The third kappa shape index (κ3) is 53.2. The molecule has 0 aromatic carbocycles. The number of esters is 3. The molecule has 0 saturated carbocycles. The molecule has 6 nitrogen and oxygen atoms in total. The molecule has 0 fully saturated rings. The van der Waals surface area contributed by atoms with Crippen LogP contribution in [0.2, 0.25) is 0 Å². The molecular formula is C59H114O6. The van der Waals surface area contributed by atoms with Gasteiger partial charge in [0.15, 0.2) is 6.10 Å². The first-order valence-electron chi connectivity index (χ1n) is 29.2. The van der Waals surface area contributed by atoms with Gasteiger partial charge in [0.25, 0.3) is 0 Å². The fourth-order valence-electron chi connectivity index (χ4n) is 9.05. The number of carbonyl (C=O) groups excluding carboxylic acids is 3. The molecule has 0 spiro atoms. The van der Waals surface area contributed by atoms with Gasteiger partial charge < -0.3 is 14.2 Å². The van der Waals surface area contributed by atoms with Gasteiger partial charge in [0.05, 0.1) is 0 Å². The molecule has 0 aromatic rings. The van der Waals surface area contributed by atoms with Gasteiger partial charge in [0.2, 0.25) is 0 Å². The lowest BCUT2D eigenvalue weighted by Gasteiger charge is -2.18. The molecule has 386 valence electrons. The van der Waals surface area contributed by atoms with E-state index >= 15 is 0 Å². The molecule has 0 N–H and O–H groups in total. The second-order valence-electron chi connectivity index (χ2n) is 21.2. The van der Waals surface area contributed by atoms with Crippen LogP contribution >= 0.6 is 0 Å². The lowest BCUT2D eigenvalue weighted by Crippen LogP contribution is -2.30. The van der Waals surface area contributed by atoms with E-state index in [1.165, 1.54) is 218 Å². The van der Waals surface area contributed by atoms with Crippen molar-refractivity contribution in [2.75, 3.05) is 13.2 Å².